The van der Waals surface area contributed by atoms with E-state index in [1.54, 1.807) is 12.1 Å². The third-order valence-electron chi connectivity index (χ3n) is 3.46. The average molecular weight is 321 g/mol. The molecule has 1 rings (SSSR count). The van der Waals surface area contributed by atoms with Gasteiger partial charge in [-0.3, -0.25) is 14.4 Å². The molecular weight excluding hydrogens is 298 g/mol. The number of hydrogen-bond acceptors (Lipinski definition) is 4. The summed E-state index contributed by atoms with van der Waals surface area (Å²) in [6.07, 6.45) is 5.19. The topological polar surface area (TPSA) is 92.7 Å². The first-order valence-electron chi connectivity index (χ1n) is 7.71. The summed E-state index contributed by atoms with van der Waals surface area (Å²) in [5.41, 5.74) is 0.771. The minimum absolute atomic E-state index is 0.212. The molecule has 0 aliphatic heterocycles. The van der Waals surface area contributed by atoms with Crippen LogP contribution in [0.3, 0.4) is 0 Å². The molecule has 23 heavy (non-hydrogen) atoms. The van der Waals surface area contributed by atoms with E-state index in [1.807, 2.05) is 0 Å². The van der Waals surface area contributed by atoms with Crippen LogP contribution in [-0.4, -0.2) is 36.9 Å². The fraction of sp³-hybridized carbons (Fsp3) is 0.471. The molecule has 1 aromatic carbocycles. The summed E-state index contributed by atoms with van der Waals surface area (Å²) in [5.74, 6) is -0.595. The number of nitrogens with one attached hydrogen (secondary N) is 1. The van der Waals surface area contributed by atoms with E-state index in [9.17, 15) is 14.4 Å². The normalized spacial score (nSPS) is 10.1. The highest BCUT2D eigenvalue weighted by molar-refractivity contribution is 5.98. The number of carboxylic acids is 1. The van der Waals surface area contributed by atoms with E-state index in [0.29, 0.717) is 36.1 Å². The van der Waals surface area contributed by atoms with Gasteiger partial charge < -0.3 is 15.2 Å². The Balaban J connectivity index is 2.31. The van der Waals surface area contributed by atoms with Gasteiger partial charge in [0.05, 0.1) is 12.7 Å². The number of amides is 1. The van der Waals surface area contributed by atoms with Crippen LogP contribution in [0.25, 0.3) is 0 Å². The molecule has 0 radical (unpaired) electrons. The first kappa shape index (κ1) is 18.7. The third kappa shape index (κ3) is 6.95. The maximum atomic E-state index is 12.1. The maximum absolute atomic E-state index is 12.1. The fourth-order valence-electron chi connectivity index (χ4n) is 2.21. The molecule has 2 N–H and O–H groups in total. The molecule has 0 aromatic heterocycles. The first-order chi connectivity index (χ1) is 11.1. The number of hydrogen-bond donors (Lipinski definition) is 2. The highest BCUT2D eigenvalue weighted by Gasteiger charge is 2.12. The Kier molecular flexibility index (Phi) is 8.42. The van der Waals surface area contributed by atoms with E-state index >= 15 is 0 Å². The Morgan fingerprint density at radius 2 is 1.87 bits per heavy atom. The SMILES string of the molecule is COc1ccc(C=O)cc1C(=O)NCCCCCCCC(=O)O. The predicted octanol–water partition coefficient (Wildman–Crippen LogP) is 2.66. The van der Waals surface area contributed by atoms with Crippen LogP contribution in [0.15, 0.2) is 18.2 Å². The molecule has 6 nitrogen and oxygen atoms in total. The van der Waals surface area contributed by atoms with Gasteiger partial charge in [-0.1, -0.05) is 19.3 Å². The minimum Gasteiger partial charge on any atom is -0.496 e. The van der Waals surface area contributed by atoms with Gasteiger partial charge in [0.15, 0.2) is 0 Å². The molecule has 0 aliphatic rings. The Morgan fingerprint density at radius 3 is 2.52 bits per heavy atom. The molecule has 1 aromatic rings. The van der Waals surface area contributed by atoms with Crippen molar-refractivity contribution in [2.24, 2.45) is 0 Å². The van der Waals surface area contributed by atoms with E-state index in [0.717, 1.165) is 25.7 Å². The van der Waals surface area contributed by atoms with Crippen molar-refractivity contribution in [2.45, 2.75) is 38.5 Å². The van der Waals surface area contributed by atoms with Crippen molar-refractivity contribution in [1.29, 1.82) is 0 Å². The summed E-state index contributed by atoms with van der Waals surface area (Å²) in [5, 5.41) is 11.3. The molecule has 6 heteroatoms. The molecule has 0 saturated carbocycles. The second-order valence-corrected chi connectivity index (χ2v) is 5.24. The van der Waals surface area contributed by atoms with Gasteiger partial charge in [0.25, 0.3) is 5.91 Å². The molecule has 0 spiro atoms. The minimum atomic E-state index is -0.760. The molecule has 1 amide bonds. The quantitative estimate of drug-likeness (QED) is 0.483. The zero-order valence-corrected chi connectivity index (χ0v) is 13.3. The first-order valence-corrected chi connectivity index (χ1v) is 7.71. The second kappa shape index (κ2) is 10.4. The average Bonchev–Trinajstić information content (AvgIpc) is 2.56. The van der Waals surface area contributed by atoms with Gasteiger partial charge in [0.2, 0.25) is 0 Å². The molecule has 0 atom stereocenters. The van der Waals surface area contributed by atoms with Crippen LogP contribution >= 0.6 is 0 Å². The van der Waals surface area contributed by atoms with Crippen molar-refractivity contribution in [2.75, 3.05) is 13.7 Å². The largest absolute Gasteiger partial charge is 0.496 e. The molecular formula is C17H23NO5. The Labute approximate surface area is 135 Å². The summed E-state index contributed by atoms with van der Waals surface area (Å²) in [6.45, 7) is 0.534. The van der Waals surface area contributed by atoms with Gasteiger partial charge in [-0.2, -0.15) is 0 Å². The smallest absolute Gasteiger partial charge is 0.303 e. The van der Waals surface area contributed by atoms with Crippen LogP contribution < -0.4 is 10.1 Å². The number of carbonyl (C=O) groups excluding carboxylic acids is 2. The van der Waals surface area contributed by atoms with Crippen LogP contribution in [0.4, 0.5) is 0 Å². The number of methoxy groups -OCH3 is 1. The van der Waals surface area contributed by atoms with Crippen LogP contribution in [0, 0.1) is 0 Å². The number of unbranched alkanes of at least 4 members (excludes halogenated alkanes) is 4. The van der Waals surface area contributed by atoms with Crippen LogP contribution in [0.1, 0.15) is 59.2 Å². The van der Waals surface area contributed by atoms with Crippen molar-refractivity contribution in [1.82, 2.24) is 5.32 Å². The van der Waals surface area contributed by atoms with Crippen LogP contribution in [0.5, 0.6) is 5.75 Å². The van der Waals surface area contributed by atoms with Crippen molar-refractivity contribution >= 4 is 18.2 Å². The molecule has 126 valence electrons. The second-order valence-electron chi connectivity index (χ2n) is 5.24. The standard InChI is InChI=1S/C17H23NO5/c1-23-15-9-8-13(12-19)11-14(15)17(22)18-10-6-4-2-3-5-7-16(20)21/h8-9,11-12H,2-7,10H2,1H3,(H,18,22)(H,20,21). The Bertz CT molecular complexity index is 542. The molecule has 0 saturated heterocycles. The maximum Gasteiger partial charge on any atom is 0.303 e. The van der Waals surface area contributed by atoms with E-state index < -0.39 is 5.97 Å². The number of aliphatic carboxylic acids is 1. The monoisotopic (exact) mass is 321 g/mol. The highest BCUT2D eigenvalue weighted by Crippen LogP contribution is 2.19. The number of ether oxygens (including phenoxy) is 1. The molecule has 0 bridgehead atoms. The van der Waals surface area contributed by atoms with Gasteiger partial charge in [-0.15, -0.1) is 0 Å². The summed E-state index contributed by atoms with van der Waals surface area (Å²) < 4.78 is 5.13. The number of rotatable bonds is 11. The summed E-state index contributed by atoms with van der Waals surface area (Å²) >= 11 is 0. The molecule has 0 fully saturated rings. The van der Waals surface area contributed by atoms with Crippen LogP contribution in [0.2, 0.25) is 0 Å². The van der Waals surface area contributed by atoms with Gasteiger partial charge in [0, 0.05) is 18.5 Å². The Hall–Kier alpha value is -2.37. The number of aldehydes is 1. The lowest BCUT2D eigenvalue weighted by Gasteiger charge is -2.10. The summed E-state index contributed by atoms with van der Waals surface area (Å²) in [7, 11) is 1.48. The van der Waals surface area contributed by atoms with E-state index in [4.69, 9.17) is 9.84 Å². The van der Waals surface area contributed by atoms with Crippen LogP contribution in [-0.2, 0) is 4.79 Å². The molecule has 0 unspecified atom stereocenters. The number of carboxylic acid groups (broad SMARTS) is 1. The summed E-state index contributed by atoms with van der Waals surface area (Å²) in [4.78, 5) is 33.3. The number of benzene rings is 1. The zero-order valence-electron chi connectivity index (χ0n) is 13.3. The predicted molar refractivity (Wildman–Crippen MR) is 86.1 cm³/mol. The van der Waals surface area contributed by atoms with E-state index in [2.05, 4.69) is 5.32 Å². The van der Waals surface area contributed by atoms with Gasteiger partial charge >= 0.3 is 5.97 Å². The van der Waals surface area contributed by atoms with E-state index in [-0.39, 0.29) is 12.3 Å². The van der Waals surface area contributed by atoms with Gasteiger partial charge in [0.1, 0.15) is 12.0 Å². The Morgan fingerprint density at radius 1 is 1.17 bits per heavy atom. The fourth-order valence-corrected chi connectivity index (χ4v) is 2.21. The van der Waals surface area contributed by atoms with E-state index in [1.165, 1.54) is 13.2 Å². The lowest BCUT2D eigenvalue weighted by molar-refractivity contribution is -0.137. The van der Waals surface area contributed by atoms with Crippen molar-refractivity contribution in [3.63, 3.8) is 0 Å². The molecule has 0 aliphatic carbocycles. The summed E-state index contributed by atoms with van der Waals surface area (Å²) in [6, 6.07) is 4.70. The number of carbonyl (C=O) groups is 3. The lowest BCUT2D eigenvalue weighted by Crippen LogP contribution is -2.25. The zero-order chi connectivity index (χ0) is 17.1. The van der Waals surface area contributed by atoms with Crippen molar-refractivity contribution in [3.05, 3.63) is 29.3 Å². The molecule has 0 heterocycles. The van der Waals surface area contributed by atoms with Crippen molar-refractivity contribution < 1.29 is 24.2 Å². The van der Waals surface area contributed by atoms with Crippen molar-refractivity contribution in [3.8, 4) is 5.75 Å². The third-order valence-corrected chi connectivity index (χ3v) is 3.46. The lowest BCUT2D eigenvalue weighted by atomic mass is 10.1. The van der Waals surface area contributed by atoms with Gasteiger partial charge in [-0.25, -0.2) is 0 Å². The van der Waals surface area contributed by atoms with Gasteiger partial charge in [-0.05, 0) is 31.0 Å². The highest BCUT2D eigenvalue weighted by atomic mass is 16.5.